The van der Waals surface area contributed by atoms with Gasteiger partial charge in [0.15, 0.2) is 5.13 Å². The van der Waals surface area contributed by atoms with Crippen LogP contribution in [0.3, 0.4) is 0 Å². The van der Waals surface area contributed by atoms with Gasteiger partial charge in [0.1, 0.15) is 10.6 Å². The summed E-state index contributed by atoms with van der Waals surface area (Å²) in [6.07, 6.45) is 0. The van der Waals surface area contributed by atoms with Crippen molar-refractivity contribution in [3.8, 4) is 17.0 Å². The largest absolute Gasteiger partial charge is 0.495 e. The first-order chi connectivity index (χ1) is 14.8. The maximum atomic E-state index is 13.2. The molecule has 0 bridgehead atoms. The molecule has 1 saturated heterocycles. The topological polar surface area (TPSA) is 62.7 Å². The summed E-state index contributed by atoms with van der Waals surface area (Å²) in [4.78, 5) is 6.95. The Morgan fingerprint density at radius 2 is 1.84 bits per heavy atom. The minimum Gasteiger partial charge on any atom is -0.495 e. The number of sulfonamides is 1. The summed E-state index contributed by atoms with van der Waals surface area (Å²) in [5.74, 6) is 0.329. The summed E-state index contributed by atoms with van der Waals surface area (Å²) in [5, 5.41) is 3.89. The van der Waals surface area contributed by atoms with Crippen LogP contribution < -0.4 is 9.64 Å². The first kappa shape index (κ1) is 22.8. The highest BCUT2D eigenvalue weighted by molar-refractivity contribution is 9.10. The van der Waals surface area contributed by atoms with E-state index in [1.165, 1.54) is 22.8 Å². The number of thiazole rings is 1. The quantitative estimate of drug-likeness (QED) is 0.416. The Balaban J connectivity index is 1.49. The molecule has 0 amide bonds. The maximum Gasteiger partial charge on any atom is 0.246 e. The molecule has 0 N–H and O–H groups in total. The number of ether oxygens (including phenoxy) is 1. The van der Waals surface area contributed by atoms with Gasteiger partial charge in [-0.15, -0.1) is 11.3 Å². The number of piperazine rings is 1. The summed E-state index contributed by atoms with van der Waals surface area (Å²) >= 11 is 17.1. The van der Waals surface area contributed by atoms with Crippen LogP contribution in [0.15, 0.2) is 51.1 Å². The number of benzene rings is 2. The lowest BCUT2D eigenvalue weighted by Crippen LogP contribution is -2.48. The van der Waals surface area contributed by atoms with E-state index in [2.05, 4.69) is 20.8 Å². The maximum absolute atomic E-state index is 13.2. The Morgan fingerprint density at radius 1 is 1.10 bits per heavy atom. The SMILES string of the molecule is COc1ccc(Br)cc1S(=O)(=O)N1CCN(c2nc(-c3ccc(Cl)cc3Cl)cs2)CC1. The number of hydrogen-bond acceptors (Lipinski definition) is 6. The highest BCUT2D eigenvalue weighted by Gasteiger charge is 2.31. The fraction of sp³-hybridized carbons (Fsp3) is 0.250. The van der Waals surface area contributed by atoms with Crippen LogP contribution in [0.25, 0.3) is 11.3 Å². The van der Waals surface area contributed by atoms with Crippen LogP contribution in [0.5, 0.6) is 5.75 Å². The second kappa shape index (κ2) is 9.25. The van der Waals surface area contributed by atoms with Gasteiger partial charge in [-0.1, -0.05) is 39.1 Å². The molecule has 4 rings (SSSR count). The highest BCUT2D eigenvalue weighted by Crippen LogP contribution is 2.35. The summed E-state index contributed by atoms with van der Waals surface area (Å²) in [7, 11) is -2.21. The number of hydrogen-bond donors (Lipinski definition) is 0. The summed E-state index contributed by atoms with van der Waals surface area (Å²) in [6.45, 7) is 1.79. The van der Waals surface area contributed by atoms with E-state index < -0.39 is 10.0 Å². The molecule has 11 heteroatoms. The van der Waals surface area contributed by atoms with E-state index in [4.69, 9.17) is 32.9 Å². The van der Waals surface area contributed by atoms with E-state index in [1.807, 2.05) is 11.4 Å². The van der Waals surface area contributed by atoms with Crippen molar-refractivity contribution in [3.05, 3.63) is 56.3 Å². The van der Waals surface area contributed by atoms with Crippen LogP contribution in [0.4, 0.5) is 5.13 Å². The van der Waals surface area contributed by atoms with Crippen LogP contribution in [-0.4, -0.2) is 51.0 Å². The zero-order valence-electron chi connectivity index (χ0n) is 16.4. The molecule has 6 nitrogen and oxygen atoms in total. The number of nitrogens with zero attached hydrogens (tertiary/aromatic N) is 3. The summed E-state index contributed by atoms with van der Waals surface area (Å²) in [5.41, 5.74) is 1.59. The van der Waals surface area contributed by atoms with Gasteiger partial charge in [-0.3, -0.25) is 0 Å². The van der Waals surface area contributed by atoms with Crippen LogP contribution >= 0.6 is 50.5 Å². The van der Waals surface area contributed by atoms with Crippen molar-refractivity contribution >= 4 is 65.6 Å². The average Bonchev–Trinajstić information content (AvgIpc) is 3.23. The van der Waals surface area contributed by atoms with Gasteiger partial charge in [0, 0.05) is 46.6 Å². The van der Waals surface area contributed by atoms with Gasteiger partial charge in [0.25, 0.3) is 0 Å². The van der Waals surface area contributed by atoms with Gasteiger partial charge in [-0.2, -0.15) is 4.31 Å². The van der Waals surface area contributed by atoms with Crippen molar-refractivity contribution in [2.75, 3.05) is 38.2 Å². The Bertz CT molecular complexity index is 1210. The van der Waals surface area contributed by atoms with Crippen LogP contribution in [0.2, 0.25) is 10.0 Å². The molecular weight excluding hydrogens is 545 g/mol. The third kappa shape index (κ3) is 4.72. The predicted octanol–water partition coefficient (Wildman–Crippen LogP) is 5.40. The lowest BCUT2D eigenvalue weighted by molar-refractivity contribution is 0.374. The molecule has 2 heterocycles. The van der Waals surface area contributed by atoms with Crippen molar-refractivity contribution in [1.82, 2.24) is 9.29 Å². The third-order valence-electron chi connectivity index (χ3n) is 4.95. The fourth-order valence-electron chi connectivity index (χ4n) is 3.34. The Kier molecular flexibility index (Phi) is 6.81. The highest BCUT2D eigenvalue weighted by atomic mass is 79.9. The molecule has 3 aromatic rings. The van der Waals surface area contributed by atoms with Crippen molar-refractivity contribution < 1.29 is 13.2 Å². The molecule has 1 fully saturated rings. The van der Waals surface area contributed by atoms with E-state index in [-0.39, 0.29) is 4.90 Å². The van der Waals surface area contributed by atoms with E-state index >= 15 is 0 Å². The first-order valence-corrected chi connectivity index (χ1v) is 13.2. The van der Waals surface area contributed by atoms with Crippen molar-refractivity contribution in [3.63, 3.8) is 0 Å². The zero-order valence-corrected chi connectivity index (χ0v) is 21.1. The molecule has 0 aliphatic carbocycles. The fourth-order valence-corrected chi connectivity index (χ4v) is 6.84. The average molecular weight is 563 g/mol. The van der Waals surface area contributed by atoms with Crippen molar-refractivity contribution in [2.24, 2.45) is 0 Å². The molecule has 0 radical (unpaired) electrons. The van der Waals surface area contributed by atoms with Crippen LogP contribution in [-0.2, 0) is 10.0 Å². The molecule has 1 aliphatic heterocycles. The number of aromatic nitrogens is 1. The van der Waals surface area contributed by atoms with E-state index in [0.717, 1.165) is 16.4 Å². The Morgan fingerprint density at radius 3 is 2.52 bits per heavy atom. The number of methoxy groups -OCH3 is 1. The predicted molar refractivity (Wildman–Crippen MR) is 129 cm³/mol. The van der Waals surface area contributed by atoms with Gasteiger partial charge in [-0.25, -0.2) is 13.4 Å². The summed E-state index contributed by atoms with van der Waals surface area (Å²) < 4.78 is 33.8. The molecule has 0 saturated carbocycles. The van der Waals surface area contributed by atoms with E-state index in [0.29, 0.717) is 46.4 Å². The van der Waals surface area contributed by atoms with Crippen LogP contribution in [0.1, 0.15) is 0 Å². The lowest BCUT2D eigenvalue weighted by Gasteiger charge is -2.34. The normalized spacial score (nSPS) is 15.3. The molecule has 0 unspecified atom stereocenters. The zero-order chi connectivity index (χ0) is 22.2. The third-order valence-corrected chi connectivity index (χ3v) is 8.81. The minimum atomic E-state index is -3.68. The molecule has 0 atom stereocenters. The van der Waals surface area contributed by atoms with Gasteiger partial charge >= 0.3 is 0 Å². The van der Waals surface area contributed by atoms with Gasteiger partial charge in [-0.05, 0) is 36.4 Å². The first-order valence-electron chi connectivity index (χ1n) is 9.29. The second-order valence-corrected chi connectivity index (χ2v) is 11.3. The van der Waals surface area contributed by atoms with E-state index in [9.17, 15) is 8.42 Å². The second-order valence-electron chi connectivity index (χ2n) is 6.83. The minimum absolute atomic E-state index is 0.159. The standard InChI is InChI=1S/C20H18BrCl2N3O3S2/c1-29-18-5-2-13(21)10-19(18)31(27,28)26-8-6-25(7-9-26)20-24-17(12-30-20)15-4-3-14(22)11-16(15)23/h2-5,10-12H,6-9H2,1H3. The molecule has 31 heavy (non-hydrogen) atoms. The summed E-state index contributed by atoms with van der Waals surface area (Å²) in [6, 6.07) is 10.3. The molecule has 1 aliphatic rings. The number of halogens is 3. The smallest absolute Gasteiger partial charge is 0.246 e. The van der Waals surface area contributed by atoms with Gasteiger partial charge in [0.05, 0.1) is 17.8 Å². The van der Waals surface area contributed by atoms with Crippen molar-refractivity contribution in [1.29, 1.82) is 0 Å². The molecule has 164 valence electrons. The number of anilines is 1. The molecular formula is C20H18BrCl2N3O3S2. The van der Waals surface area contributed by atoms with E-state index in [1.54, 1.807) is 30.3 Å². The van der Waals surface area contributed by atoms with Gasteiger partial charge < -0.3 is 9.64 Å². The number of rotatable bonds is 5. The molecule has 2 aromatic carbocycles. The van der Waals surface area contributed by atoms with Gasteiger partial charge in [0.2, 0.25) is 10.0 Å². The van der Waals surface area contributed by atoms with Crippen LogP contribution in [0, 0.1) is 0 Å². The monoisotopic (exact) mass is 561 g/mol. The Hall–Kier alpha value is -1.36. The lowest BCUT2D eigenvalue weighted by atomic mass is 10.2. The molecule has 0 spiro atoms. The van der Waals surface area contributed by atoms with Crippen molar-refractivity contribution in [2.45, 2.75) is 4.90 Å². The Labute approximate surface area is 203 Å². The molecule has 1 aromatic heterocycles.